The van der Waals surface area contributed by atoms with Gasteiger partial charge in [-0.3, -0.25) is 4.79 Å². The van der Waals surface area contributed by atoms with Gasteiger partial charge in [0.15, 0.2) is 0 Å². The van der Waals surface area contributed by atoms with Crippen molar-refractivity contribution in [2.75, 3.05) is 0 Å². The highest BCUT2D eigenvalue weighted by atomic mass is 16.4. The minimum atomic E-state index is -0.999. The molecule has 0 saturated heterocycles. The number of nitrogens with one attached hydrogen (secondary N) is 1. The molecular formula is C33H49NO5. The monoisotopic (exact) mass is 539 g/mol. The molecule has 6 nitrogen and oxygen atoms in total. The van der Waals surface area contributed by atoms with E-state index in [0.29, 0.717) is 36.0 Å². The first-order valence-corrected chi connectivity index (χ1v) is 15.4. The number of hydrogen-bond acceptors (Lipinski definition) is 4. The molecule has 4 saturated carbocycles. The summed E-state index contributed by atoms with van der Waals surface area (Å²) in [6.07, 6.45) is 9.13. The molecule has 0 aromatic heterocycles. The molecule has 4 aliphatic rings. The number of benzene rings is 1. The van der Waals surface area contributed by atoms with Crippen LogP contribution in [0.2, 0.25) is 0 Å². The average Bonchev–Trinajstić information content (AvgIpc) is 3.26. The number of carbonyl (C=O) groups is 2. The number of aliphatic hydroxyl groups excluding tert-OH is 2. The van der Waals surface area contributed by atoms with E-state index in [1.807, 2.05) is 30.3 Å². The lowest BCUT2D eigenvalue weighted by molar-refractivity contribution is -0.172. The summed E-state index contributed by atoms with van der Waals surface area (Å²) in [5.41, 5.74) is 1.26. The zero-order valence-corrected chi connectivity index (χ0v) is 24.0. The molecule has 0 aliphatic heterocycles. The van der Waals surface area contributed by atoms with Gasteiger partial charge in [0.1, 0.15) is 6.04 Å². The number of carboxylic acid groups (broad SMARTS) is 1. The van der Waals surface area contributed by atoms with Crippen molar-refractivity contribution in [2.24, 2.45) is 46.3 Å². The summed E-state index contributed by atoms with van der Waals surface area (Å²) in [6.45, 7) is 7.17. The van der Waals surface area contributed by atoms with Crippen LogP contribution in [0, 0.1) is 46.3 Å². The number of carbonyl (C=O) groups excluding carboxylic acids is 1. The third-order valence-electron chi connectivity index (χ3n) is 12.2. The number of amides is 1. The highest BCUT2D eigenvalue weighted by Crippen LogP contribution is 2.68. The summed E-state index contributed by atoms with van der Waals surface area (Å²) in [4.78, 5) is 24.6. The zero-order chi connectivity index (χ0) is 27.9. The quantitative estimate of drug-likeness (QED) is 0.363. The minimum absolute atomic E-state index is 0.130. The van der Waals surface area contributed by atoms with Gasteiger partial charge in [0, 0.05) is 12.8 Å². The van der Waals surface area contributed by atoms with Gasteiger partial charge in [0.2, 0.25) is 5.91 Å². The Morgan fingerprint density at radius 1 is 0.949 bits per heavy atom. The Morgan fingerprint density at radius 3 is 2.36 bits per heavy atom. The summed E-state index contributed by atoms with van der Waals surface area (Å²) in [5, 5.41) is 34.0. The molecule has 4 N–H and O–H groups in total. The van der Waals surface area contributed by atoms with Crippen molar-refractivity contribution in [1.29, 1.82) is 0 Å². The van der Waals surface area contributed by atoms with Gasteiger partial charge in [0.25, 0.3) is 0 Å². The van der Waals surface area contributed by atoms with Crippen molar-refractivity contribution in [3.05, 3.63) is 35.9 Å². The Kier molecular flexibility index (Phi) is 8.18. The van der Waals surface area contributed by atoms with Gasteiger partial charge in [-0.05, 0) is 110 Å². The minimum Gasteiger partial charge on any atom is -0.480 e. The predicted octanol–water partition coefficient (Wildman–Crippen LogP) is 5.21. The van der Waals surface area contributed by atoms with Crippen LogP contribution < -0.4 is 5.32 Å². The third kappa shape index (κ3) is 5.40. The van der Waals surface area contributed by atoms with Crippen LogP contribution in [0.15, 0.2) is 30.3 Å². The van der Waals surface area contributed by atoms with Gasteiger partial charge >= 0.3 is 5.97 Å². The number of fused-ring (bicyclic) bond motifs is 5. The fraction of sp³-hybridized carbons (Fsp3) is 0.758. The molecule has 1 aromatic rings. The highest BCUT2D eigenvalue weighted by Gasteiger charge is 2.62. The number of hydrogen-bond donors (Lipinski definition) is 4. The first-order valence-electron chi connectivity index (χ1n) is 15.4. The average molecular weight is 540 g/mol. The number of aliphatic carboxylic acids is 1. The van der Waals surface area contributed by atoms with Gasteiger partial charge in [-0.25, -0.2) is 4.79 Å². The van der Waals surface area contributed by atoms with Crippen molar-refractivity contribution >= 4 is 11.9 Å². The van der Waals surface area contributed by atoms with Crippen LogP contribution in [0.25, 0.3) is 0 Å². The second-order valence-electron chi connectivity index (χ2n) is 14.1. The molecule has 39 heavy (non-hydrogen) atoms. The standard InChI is InChI=1S/C33H49NO5/c1-20(9-12-30(37)34-28(31(38)39)17-21-7-5-4-6-8-21)24-10-11-25-23-19-29(36)27-18-22(35)13-15-33(27,3)26(23)14-16-32(24,25)2/h4-8,20,22-29,35-36H,9-19H2,1-3H3,(H,34,37)(H,38,39). The molecule has 1 amide bonds. The molecule has 6 heteroatoms. The maximum absolute atomic E-state index is 12.8. The van der Waals surface area contributed by atoms with E-state index in [-0.39, 0.29) is 41.3 Å². The molecule has 4 aliphatic carbocycles. The largest absolute Gasteiger partial charge is 0.480 e. The Hall–Kier alpha value is -1.92. The maximum atomic E-state index is 12.8. The molecule has 0 bridgehead atoms. The predicted molar refractivity (Wildman–Crippen MR) is 151 cm³/mol. The Balaban J connectivity index is 1.20. The summed E-state index contributed by atoms with van der Waals surface area (Å²) >= 11 is 0. The maximum Gasteiger partial charge on any atom is 0.326 e. The van der Waals surface area contributed by atoms with Crippen LogP contribution in [0.4, 0.5) is 0 Å². The van der Waals surface area contributed by atoms with Gasteiger partial charge < -0.3 is 20.6 Å². The van der Waals surface area contributed by atoms with Crippen LogP contribution in [-0.2, 0) is 16.0 Å². The molecule has 0 radical (unpaired) electrons. The third-order valence-corrected chi connectivity index (χ3v) is 12.2. The van der Waals surface area contributed by atoms with Crippen molar-refractivity contribution < 1.29 is 24.9 Å². The van der Waals surface area contributed by atoms with E-state index in [1.54, 1.807) is 0 Å². The first kappa shape index (κ1) is 28.6. The van der Waals surface area contributed by atoms with Crippen LogP contribution in [0.3, 0.4) is 0 Å². The topological polar surface area (TPSA) is 107 Å². The summed E-state index contributed by atoms with van der Waals surface area (Å²) in [6, 6.07) is 8.52. The number of aliphatic hydroxyl groups is 2. The van der Waals surface area contributed by atoms with Gasteiger partial charge in [-0.1, -0.05) is 51.1 Å². The normalized spacial score (nSPS) is 41.0. The van der Waals surface area contributed by atoms with E-state index in [1.165, 1.54) is 25.7 Å². The molecule has 4 fully saturated rings. The van der Waals surface area contributed by atoms with Crippen molar-refractivity contribution in [1.82, 2.24) is 5.32 Å². The molecule has 1 aromatic carbocycles. The molecule has 11 atom stereocenters. The van der Waals surface area contributed by atoms with Crippen LogP contribution in [-0.4, -0.2) is 45.4 Å². The van der Waals surface area contributed by atoms with Crippen molar-refractivity contribution in [2.45, 2.75) is 110 Å². The molecule has 0 heterocycles. The molecule has 216 valence electrons. The van der Waals surface area contributed by atoms with E-state index in [2.05, 4.69) is 26.1 Å². The SMILES string of the molecule is CC(CCC(=O)NC(Cc1ccccc1)C(=O)O)C1CCC2C3CC(O)C4CC(O)CCC4(C)C3CCC12C. The lowest BCUT2D eigenvalue weighted by Crippen LogP contribution is -2.58. The molecular weight excluding hydrogens is 490 g/mol. The van der Waals surface area contributed by atoms with Gasteiger partial charge in [-0.2, -0.15) is 0 Å². The smallest absolute Gasteiger partial charge is 0.326 e. The van der Waals surface area contributed by atoms with E-state index < -0.39 is 12.0 Å². The van der Waals surface area contributed by atoms with Crippen molar-refractivity contribution in [3.8, 4) is 0 Å². The number of carboxylic acids is 1. The lowest BCUT2D eigenvalue weighted by atomic mass is 9.44. The van der Waals surface area contributed by atoms with Crippen molar-refractivity contribution in [3.63, 3.8) is 0 Å². The van der Waals surface area contributed by atoms with E-state index >= 15 is 0 Å². The Bertz CT molecular complexity index is 1030. The summed E-state index contributed by atoms with van der Waals surface area (Å²) in [7, 11) is 0. The van der Waals surface area contributed by atoms with E-state index in [0.717, 1.165) is 37.7 Å². The molecule has 11 unspecified atom stereocenters. The fourth-order valence-corrected chi connectivity index (χ4v) is 10.1. The fourth-order valence-electron chi connectivity index (χ4n) is 10.1. The number of rotatable bonds is 8. The summed E-state index contributed by atoms with van der Waals surface area (Å²) < 4.78 is 0. The van der Waals surface area contributed by atoms with Gasteiger partial charge in [-0.15, -0.1) is 0 Å². The summed E-state index contributed by atoms with van der Waals surface area (Å²) in [5.74, 6) is 1.77. The van der Waals surface area contributed by atoms with E-state index in [4.69, 9.17) is 0 Å². The Labute approximate surface area is 234 Å². The second kappa shape index (κ2) is 11.2. The highest BCUT2D eigenvalue weighted by molar-refractivity contribution is 5.83. The molecule has 0 spiro atoms. The first-order chi connectivity index (χ1) is 18.5. The molecule has 5 rings (SSSR count). The van der Waals surface area contributed by atoms with Crippen LogP contribution in [0.1, 0.15) is 90.5 Å². The van der Waals surface area contributed by atoms with Crippen LogP contribution in [0.5, 0.6) is 0 Å². The lowest BCUT2D eigenvalue weighted by Gasteiger charge is -2.62. The van der Waals surface area contributed by atoms with E-state index in [9.17, 15) is 24.9 Å². The van der Waals surface area contributed by atoms with Gasteiger partial charge in [0.05, 0.1) is 12.2 Å². The van der Waals surface area contributed by atoms with Crippen LogP contribution >= 0.6 is 0 Å². The second-order valence-corrected chi connectivity index (χ2v) is 14.1. The Morgan fingerprint density at radius 2 is 1.64 bits per heavy atom. The zero-order valence-electron chi connectivity index (χ0n) is 24.0.